The van der Waals surface area contributed by atoms with E-state index in [2.05, 4.69) is 17.2 Å². The summed E-state index contributed by atoms with van der Waals surface area (Å²) in [5.41, 5.74) is 0. The number of hydrogen-bond donors (Lipinski definition) is 2. The van der Waals surface area contributed by atoms with E-state index in [9.17, 15) is 13.2 Å². The molecule has 6 nitrogen and oxygen atoms in total. The maximum Gasteiger partial charge on any atom is 0.239 e. The van der Waals surface area contributed by atoms with E-state index in [1.807, 2.05) is 0 Å². The first-order chi connectivity index (χ1) is 8.03. The van der Waals surface area contributed by atoms with Crippen LogP contribution in [0.2, 0.25) is 0 Å². The Morgan fingerprint density at radius 3 is 2.94 bits per heavy atom. The molecule has 1 saturated heterocycles. The third-order valence-corrected chi connectivity index (χ3v) is 4.34. The molecule has 0 aromatic heterocycles. The average Bonchev–Trinajstić information content (AvgIpc) is 2.29. The van der Waals surface area contributed by atoms with Crippen LogP contribution in [0.1, 0.15) is 6.92 Å². The summed E-state index contributed by atoms with van der Waals surface area (Å²) >= 11 is 0. The van der Waals surface area contributed by atoms with Gasteiger partial charge < -0.3 is 10.6 Å². The van der Waals surface area contributed by atoms with Crippen LogP contribution in [0, 0.1) is 0 Å². The molecule has 2 N–H and O–H groups in total. The summed E-state index contributed by atoms with van der Waals surface area (Å²) in [6.45, 7) is 6.95. The summed E-state index contributed by atoms with van der Waals surface area (Å²) in [5, 5.41) is 5.67. The number of carbonyl (C=O) groups excluding carboxylic acids is 1. The largest absolute Gasteiger partial charge is 0.355 e. The molecular weight excluding hydrogens is 242 g/mol. The molecule has 0 spiro atoms. The number of piperazine rings is 1. The molecule has 1 unspecified atom stereocenters. The Balaban J connectivity index is 2.86. The summed E-state index contributed by atoms with van der Waals surface area (Å²) < 4.78 is 25.2. The minimum absolute atomic E-state index is 0.136. The Morgan fingerprint density at radius 2 is 2.35 bits per heavy atom. The van der Waals surface area contributed by atoms with Crippen molar-refractivity contribution in [2.75, 3.05) is 31.9 Å². The smallest absolute Gasteiger partial charge is 0.239 e. The Kier molecular flexibility index (Phi) is 5.10. The molecule has 0 saturated carbocycles. The van der Waals surface area contributed by atoms with Crippen LogP contribution in [0.25, 0.3) is 0 Å². The molecule has 1 aliphatic rings. The fourth-order valence-corrected chi connectivity index (χ4v) is 3.20. The molecule has 1 atom stereocenters. The van der Waals surface area contributed by atoms with E-state index >= 15 is 0 Å². The molecule has 0 aromatic rings. The van der Waals surface area contributed by atoms with Crippen molar-refractivity contribution in [3.05, 3.63) is 12.7 Å². The Labute approximate surface area is 102 Å². The number of nitrogens with zero attached hydrogens (tertiary/aromatic N) is 1. The van der Waals surface area contributed by atoms with Crippen LogP contribution in [0.15, 0.2) is 12.7 Å². The molecule has 1 amide bonds. The second kappa shape index (κ2) is 6.13. The molecule has 1 heterocycles. The highest BCUT2D eigenvalue weighted by molar-refractivity contribution is 7.89. The average molecular weight is 261 g/mol. The number of likely N-dealkylation sites (N-methyl/N-ethyl adjacent to an activating group) is 1. The molecule has 7 heteroatoms. The van der Waals surface area contributed by atoms with E-state index in [1.54, 1.807) is 6.92 Å². The fourth-order valence-electron chi connectivity index (χ4n) is 1.78. The maximum atomic E-state index is 12.0. The van der Waals surface area contributed by atoms with Crippen molar-refractivity contribution in [1.82, 2.24) is 14.9 Å². The van der Waals surface area contributed by atoms with Crippen molar-refractivity contribution >= 4 is 15.9 Å². The summed E-state index contributed by atoms with van der Waals surface area (Å²) in [6, 6.07) is -0.659. The second-order valence-corrected chi connectivity index (χ2v) is 5.76. The summed E-state index contributed by atoms with van der Waals surface area (Å²) in [6.07, 6.45) is 1.34. The minimum atomic E-state index is -3.43. The first kappa shape index (κ1) is 14.1. The summed E-state index contributed by atoms with van der Waals surface area (Å²) in [5.74, 6) is -0.393. The van der Waals surface area contributed by atoms with Crippen LogP contribution in [-0.2, 0) is 14.8 Å². The van der Waals surface area contributed by atoms with Gasteiger partial charge in [-0.3, -0.25) is 4.79 Å². The Bertz CT molecular complexity index is 380. The minimum Gasteiger partial charge on any atom is -0.355 e. The number of carbonyl (C=O) groups is 1. The standard InChI is InChI=1S/C10H19N3O3S/c1-3-7-17(15,16)13-6-5-11-8-9(13)10(14)12-4-2/h3,9,11H,1,4-8H2,2H3,(H,12,14). The summed E-state index contributed by atoms with van der Waals surface area (Å²) in [4.78, 5) is 11.8. The van der Waals surface area contributed by atoms with E-state index in [0.717, 1.165) is 0 Å². The Hall–Kier alpha value is -0.920. The van der Waals surface area contributed by atoms with Gasteiger partial charge >= 0.3 is 0 Å². The Morgan fingerprint density at radius 1 is 1.65 bits per heavy atom. The highest BCUT2D eigenvalue weighted by Crippen LogP contribution is 2.11. The van der Waals surface area contributed by atoms with Crippen molar-refractivity contribution in [1.29, 1.82) is 0 Å². The molecule has 0 aliphatic carbocycles. The van der Waals surface area contributed by atoms with E-state index < -0.39 is 16.1 Å². The lowest BCUT2D eigenvalue weighted by Crippen LogP contribution is -2.59. The van der Waals surface area contributed by atoms with Gasteiger partial charge in [0.05, 0.1) is 5.75 Å². The van der Waals surface area contributed by atoms with Gasteiger partial charge in [-0.2, -0.15) is 4.31 Å². The topological polar surface area (TPSA) is 78.5 Å². The lowest BCUT2D eigenvalue weighted by molar-refractivity contribution is -0.125. The number of amides is 1. The van der Waals surface area contributed by atoms with Gasteiger partial charge in [0.25, 0.3) is 0 Å². The molecule has 0 aromatic carbocycles. The first-order valence-electron chi connectivity index (χ1n) is 5.61. The van der Waals surface area contributed by atoms with Gasteiger partial charge in [0.2, 0.25) is 15.9 Å². The van der Waals surface area contributed by atoms with Crippen LogP contribution in [-0.4, -0.2) is 56.6 Å². The van der Waals surface area contributed by atoms with Crippen molar-refractivity contribution < 1.29 is 13.2 Å². The van der Waals surface area contributed by atoms with E-state index in [0.29, 0.717) is 26.2 Å². The van der Waals surface area contributed by atoms with E-state index in [1.165, 1.54) is 10.4 Å². The molecule has 17 heavy (non-hydrogen) atoms. The predicted octanol–water partition coefficient (Wildman–Crippen LogP) is -1.09. The lowest BCUT2D eigenvalue weighted by atomic mass is 10.2. The lowest BCUT2D eigenvalue weighted by Gasteiger charge is -2.33. The summed E-state index contributed by atoms with van der Waals surface area (Å²) in [7, 11) is -3.43. The normalized spacial score (nSPS) is 22.1. The molecule has 98 valence electrons. The zero-order valence-electron chi connectivity index (χ0n) is 9.98. The first-order valence-corrected chi connectivity index (χ1v) is 7.22. The van der Waals surface area contributed by atoms with Crippen LogP contribution >= 0.6 is 0 Å². The van der Waals surface area contributed by atoms with Gasteiger partial charge in [0.15, 0.2) is 0 Å². The molecule has 1 rings (SSSR count). The monoisotopic (exact) mass is 261 g/mol. The van der Waals surface area contributed by atoms with Crippen molar-refractivity contribution in [3.63, 3.8) is 0 Å². The maximum absolute atomic E-state index is 12.0. The third kappa shape index (κ3) is 3.52. The number of nitrogens with one attached hydrogen (secondary N) is 2. The SMILES string of the molecule is C=CCS(=O)(=O)N1CCNCC1C(=O)NCC. The van der Waals surface area contributed by atoms with E-state index in [-0.39, 0.29) is 11.7 Å². The predicted molar refractivity (Wildman–Crippen MR) is 66.0 cm³/mol. The van der Waals surface area contributed by atoms with Gasteiger partial charge in [-0.05, 0) is 6.92 Å². The van der Waals surface area contributed by atoms with Crippen molar-refractivity contribution in [2.45, 2.75) is 13.0 Å². The van der Waals surface area contributed by atoms with Crippen LogP contribution < -0.4 is 10.6 Å². The van der Waals surface area contributed by atoms with Gasteiger partial charge in [-0.15, -0.1) is 6.58 Å². The van der Waals surface area contributed by atoms with Crippen molar-refractivity contribution in [2.24, 2.45) is 0 Å². The second-order valence-electron chi connectivity index (χ2n) is 3.79. The quantitative estimate of drug-likeness (QED) is 0.617. The molecule has 1 fully saturated rings. The van der Waals surface area contributed by atoms with Gasteiger partial charge in [0.1, 0.15) is 6.04 Å². The number of hydrogen-bond acceptors (Lipinski definition) is 4. The zero-order valence-corrected chi connectivity index (χ0v) is 10.8. The van der Waals surface area contributed by atoms with Gasteiger partial charge in [0, 0.05) is 26.2 Å². The molecule has 0 bridgehead atoms. The number of rotatable bonds is 5. The van der Waals surface area contributed by atoms with Crippen molar-refractivity contribution in [3.8, 4) is 0 Å². The zero-order chi connectivity index (χ0) is 12.9. The number of sulfonamides is 1. The highest BCUT2D eigenvalue weighted by Gasteiger charge is 2.35. The molecular formula is C10H19N3O3S. The van der Waals surface area contributed by atoms with Crippen LogP contribution in [0.4, 0.5) is 0 Å². The van der Waals surface area contributed by atoms with Crippen LogP contribution in [0.5, 0.6) is 0 Å². The fraction of sp³-hybridized carbons (Fsp3) is 0.700. The van der Waals surface area contributed by atoms with Gasteiger partial charge in [-0.25, -0.2) is 8.42 Å². The van der Waals surface area contributed by atoms with Crippen LogP contribution in [0.3, 0.4) is 0 Å². The van der Waals surface area contributed by atoms with Gasteiger partial charge in [-0.1, -0.05) is 6.08 Å². The molecule has 0 radical (unpaired) electrons. The molecule has 1 aliphatic heterocycles. The van der Waals surface area contributed by atoms with E-state index in [4.69, 9.17) is 0 Å². The third-order valence-electron chi connectivity index (χ3n) is 2.53. The highest BCUT2D eigenvalue weighted by atomic mass is 32.2.